The average Bonchev–Trinajstić information content (AvgIpc) is 3.04. The minimum Gasteiger partial charge on any atom is -0.496 e. The number of rotatable bonds is 14. The van der Waals surface area contributed by atoms with E-state index in [0.717, 1.165) is 11.4 Å². The molecule has 0 aliphatic rings. The van der Waals surface area contributed by atoms with E-state index in [1.165, 1.54) is 40.6 Å². The Balaban J connectivity index is 1.96. The lowest BCUT2D eigenvalue weighted by molar-refractivity contribution is 0.103. The third kappa shape index (κ3) is 7.26. The number of anilines is 2. The van der Waals surface area contributed by atoms with Crippen LogP contribution in [0.25, 0.3) is 12.2 Å². The summed E-state index contributed by atoms with van der Waals surface area (Å²) in [6.45, 7) is 0. The molecule has 0 fully saturated rings. The standard InChI is InChI=1S/C34H40N2O8/c1-35(2)25-19-31(41-7)23(17-33(25)43-9)27(37)13-11-21-15-30(40-6)22(16-29(21)39-5)12-14-28(38)24-18-34(44-10)26(36(3)4)20-32(24)42-8/h11-20H,1-10H3. The van der Waals surface area contributed by atoms with Crippen LogP contribution in [0.1, 0.15) is 31.8 Å². The summed E-state index contributed by atoms with van der Waals surface area (Å²) >= 11 is 0. The first-order valence-electron chi connectivity index (χ1n) is 13.6. The molecule has 0 radical (unpaired) electrons. The molecule has 3 aromatic carbocycles. The van der Waals surface area contributed by atoms with Crippen molar-refractivity contribution >= 4 is 35.1 Å². The van der Waals surface area contributed by atoms with Crippen LogP contribution in [-0.4, -0.2) is 82.4 Å². The Morgan fingerprint density at radius 1 is 0.477 bits per heavy atom. The van der Waals surface area contributed by atoms with Crippen LogP contribution in [0.2, 0.25) is 0 Å². The predicted molar refractivity (Wildman–Crippen MR) is 174 cm³/mol. The normalized spacial score (nSPS) is 11.0. The summed E-state index contributed by atoms with van der Waals surface area (Å²) in [5.41, 5.74) is 3.45. The molecule has 0 heterocycles. The summed E-state index contributed by atoms with van der Waals surface area (Å²) in [7, 11) is 16.7. The highest BCUT2D eigenvalue weighted by atomic mass is 16.5. The van der Waals surface area contributed by atoms with Crippen molar-refractivity contribution in [3.8, 4) is 34.5 Å². The molecule has 0 saturated heterocycles. The van der Waals surface area contributed by atoms with Crippen molar-refractivity contribution in [2.24, 2.45) is 0 Å². The van der Waals surface area contributed by atoms with Crippen LogP contribution < -0.4 is 38.2 Å². The molecule has 0 spiro atoms. The Hall–Kier alpha value is -5.12. The summed E-state index contributed by atoms with van der Waals surface area (Å²) in [5, 5.41) is 0. The van der Waals surface area contributed by atoms with Crippen molar-refractivity contribution in [1.82, 2.24) is 0 Å². The smallest absolute Gasteiger partial charge is 0.189 e. The van der Waals surface area contributed by atoms with Crippen molar-refractivity contribution in [3.63, 3.8) is 0 Å². The summed E-state index contributed by atoms with van der Waals surface area (Å²) in [6, 6.07) is 10.3. The number of benzene rings is 3. The highest BCUT2D eigenvalue weighted by Gasteiger charge is 2.19. The number of hydrogen-bond acceptors (Lipinski definition) is 10. The largest absolute Gasteiger partial charge is 0.496 e. The van der Waals surface area contributed by atoms with Gasteiger partial charge in [0, 0.05) is 51.5 Å². The van der Waals surface area contributed by atoms with Gasteiger partial charge in [-0.25, -0.2) is 0 Å². The van der Waals surface area contributed by atoms with Gasteiger partial charge in [-0.15, -0.1) is 0 Å². The van der Waals surface area contributed by atoms with E-state index in [9.17, 15) is 9.59 Å². The highest BCUT2D eigenvalue weighted by Crippen LogP contribution is 2.37. The van der Waals surface area contributed by atoms with Crippen LogP contribution in [0, 0.1) is 0 Å². The molecule has 44 heavy (non-hydrogen) atoms. The number of hydrogen-bond donors (Lipinski definition) is 0. The molecule has 234 valence electrons. The van der Waals surface area contributed by atoms with Crippen LogP contribution in [0.3, 0.4) is 0 Å². The molecule has 0 bridgehead atoms. The predicted octanol–water partition coefficient (Wildman–Crippen LogP) is 5.66. The molecule has 0 unspecified atom stereocenters. The summed E-state index contributed by atoms with van der Waals surface area (Å²) < 4.78 is 33.2. The van der Waals surface area contributed by atoms with Gasteiger partial charge < -0.3 is 38.2 Å². The lowest BCUT2D eigenvalue weighted by Crippen LogP contribution is -2.11. The Labute approximate surface area is 259 Å². The van der Waals surface area contributed by atoms with E-state index in [0.29, 0.717) is 56.8 Å². The van der Waals surface area contributed by atoms with Crippen molar-refractivity contribution in [3.05, 3.63) is 70.8 Å². The Morgan fingerprint density at radius 3 is 1.07 bits per heavy atom. The number of nitrogens with zero attached hydrogens (tertiary/aromatic N) is 2. The van der Waals surface area contributed by atoms with Gasteiger partial charge in [0.15, 0.2) is 11.6 Å². The van der Waals surface area contributed by atoms with Gasteiger partial charge in [-0.3, -0.25) is 9.59 Å². The van der Waals surface area contributed by atoms with Gasteiger partial charge in [-0.2, -0.15) is 0 Å². The first kappa shape index (κ1) is 33.4. The fourth-order valence-electron chi connectivity index (χ4n) is 4.56. The molecule has 0 aliphatic heterocycles. The third-order valence-electron chi connectivity index (χ3n) is 6.91. The van der Waals surface area contributed by atoms with Crippen LogP contribution >= 0.6 is 0 Å². The topological polar surface area (TPSA) is 96.0 Å². The van der Waals surface area contributed by atoms with E-state index in [-0.39, 0.29) is 11.6 Å². The van der Waals surface area contributed by atoms with Gasteiger partial charge >= 0.3 is 0 Å². The first-order valence-corrected chi connectivity index (χ1v) is 13.6. The van der Waals surface area contributed by atoms with E-state index in [4.69, 9.17) is 28.4 Å². The molecule has 0 saturated carbocycles. The number of ketones is 2. The van der Waals surface area contributed by atoms with Crippen LogP contribution in [0.5, 0.6) is 34.5 Å². The second kappa shape index (κ2) is 14.9. The molecule has 0 atom stereocenters. The minimum atomic E-state index is -0.286. The maximum absolute atomic E-state index is 13.3. The van der Waals surface area contributed by atoms with Gasteiger partial charge in [0.25, 0.3) is 0 Å². The van der Waals surface area contributed by atoms with Crippen molar-refractivity contribution in [2.45, 2.75) is 0 Å². The van der Waals surface area contributed by atoms with Gasteiger partial charge in [-0.1, -0.05) is 0 Å². The zero-order valence-electron chi connectivity index (χ0n) is 26.9. The molecular formula is C34H40N2O8. The van der Waals surface area contributed by atoms with E-state index in [1.807, 2.05) is 38.0 Å². The van der Waals surface area contributed by atoms with Crippen LogP contribution in [0.15, 0.2) is 48.6 Å². The molecular weight excluding hydrogens is 564 g/mol. The maximum Gasteiger partial charge on any atom is 0.189 e. The van der Waals surface area contributed by atoms with E-state index in [1.54, 1.807) is 62.8 Å². The second-order valence-corrected chi connectivity index (χ2v) is 9.97. The molecule has 0 aliphatic carbocycles. The zero-order valence-corrected chi connectivity index (χ0v) is 26.9. The van der Waals surface area contributed by atoms with Crippen molar-refractivity contribution in [1.29, 1.82) is 0 Å². The van der Waals surface area contributed by atoms with Gasteiger partial charge in [0.2, 0.25) is 0 Å². The molecule has 3 aromatic rings. The molecule has 0 amide bonds. The van der Waals surface area contributed by atoms with Crippen LogP contribution in [-0.2, 0) is 0 Å². The van der Waals surface area contributed by atoms with E-state index >= 15 is 0 Å². The molecule has 10 heteroatoms. The summed E-state index contributed by atoms with van der Waals surface area (Å²) in [4.78, 5) is 30.3. The van der Waals surface area contributed by atoms with Crippen molar-refractivity contribution in [2.75, 3.05) is 80.6 Å². The molecule has 0 aromatic heterocycles. The van der Waals surface area contributed by atoms with Crippen LogP contribution in [0.4, 0.5) is 11.4 Å². The molecule has 0 N–H and O–H groups in total. The number of methoxy groups -OCH3 is 6. The third-order valence-corrected chi connectivity index (χ3v) is 6.91. The van der Waals surface area contributed by atoms with Gasteiger partial charge in [0.1, 0.15) is 34.5 Å². The van der Waals surface area contributed by atoms with Gasteiger partial charge in [0.05, 0.1) is 65.2 Å². The lowest BCUT2D eigenvalue weighted by atomic mass is 10.0. The van der Waals surface area contributed by atoms with E-state index in [2.05, 4.69) is 0 Å². The first-order chi connectivity index (χ1) is 21.0. The second-order valence-electron chi connectivity index (χ2n) is 9.97. The van der Waals surface area contributed by atoms with Gasteiger partial charge in [-0.05, 0) is 48.6 Å². The van der Waals surface area contributed by atoms with E-state index < -0.39 is 0 Å². The Morgan fingerprint density at radius 2 is 0.795 bits per heavy atom. The Kier molecular flexibility index (Phi) is 11.3. The number of carbonyl (C=O) groups excluding carboxylic acids is 2. The SMILES string of the molecule is COc1cc(C=CC(=O)c2cc(OC)c(N(C)C)cc2OC)c(OC)cc1C=CC(=O)c1cc(OC)c(N(C)C)cc1OC. The highest BCUT2D eigenvalue weighted by molar-refractivity contribution is 6.10. The fourth-order valence-corrected chi connectivity index (χ4v) is 4.56. The number of ether oxygens (including phenoxy) is 6. The fraction of sp³-hybridized carbons (Fsp3) is 0.294. The van der Waals surface area contributed by atoms with Crippen molar-refractivity contribution < 1.29 is 38.0 Å². The summed E-state index contributed by atoms with van der Waals surface area (Å²) in [5.74, 6) is 2.31. The number of carbonyl (C=O) groups is 2. The lowest BCUT2D eigenvalue weighted by Gasteiger charge is -2.19. The summed E-state index contributed by atoms with van der Waals surface area (Å²) in [6.07, 6.45) is 6.13. The number of allylic oxidation sites excluding steroid dienone is 2. The Bertz CT molecular complexity index is 1460. The zero-order chi connectivity index (χ0) is 32.6. The maximum atomic E-state index is 13.3. The quantitative estimate of drug-likeness (QED) is 0.169. The molecule has 3 rings (SSSR count). The average molecular weight is 605 g/mol. The molecule has 10 nitrogen and oxygen atoms in total. The monoisotopic (exact) mass is 604 g/mol. The minimum absolute atomic E-state index is 0.286.